The van der Waals surface area contributed by atoms with Crippen LogP contribution in [-0.2, 0) is 11.3 Å². The van der Waals surface area contributed by atoms with Gasteiger partial charge in [0, 0.05) is 12.1 Å². The molecule has 1 heterocycles. The maximum Gasteiger partial charge on any atom is 0.277 e. The van der Waals surface area contributed by atoms with Crippen molar-refractivity contribution in [1.82, 2.24) is 15.5 Å². The van der Waals surface area contributed by atoms with E-state index in [0.717, 1.165) is 22.4 Å². The van der Waals surface area contributed by atoms with E-state index in [0.29, 0.717) is 17.7 Å². The van der Waals surface area contributed by atoms with Crippen LogP contribution in [0.5, 0.6) is 5.75 Å². The molecule has 0 unspecified atom stereocenters. The molecule has 140 valence electrons. The highest BCUT2D eigenvalue weighted by atomic mass is 32.2. The number of amides is 1. The molecule has 1 atom stereocenters. The Bertz CT molecular complexity index is 909. The standard InChI is InChI=1S/C20H21N3O3S/c1-13-5-4-6-16(11-13)19-22-23-20(26-19)27-14(2)18(24)21-12-15-7-9-17(25-3)10-8-15/h4-11,14H,12H2,1-3H3,(H,21,24)/t14-/m0/s1. The van der Waals surface area contributed by atoms with Crippen LogP contribution >= 0.6 is 11.8 Å². The van der Waals surface area contributed by atoms with Gasteiger partial charge in [-0.05, 0) is 43.7 Å². The fourth-order valence-electron chi connectivity index (χ4n) is 2.43. The van der Waals surface area contributed by atoms with Gasteiger partial charge in [0.05, 0.1) is 12.4 Å². The highest BCUT2D eigenvalue weighted by Gasteiger charge is 2.18. The Kier molecular flexibility index (Phi) is 6.13. The average molecular weight is 383 g/mol. The first-order valence-electron chi connectivity index (χ1n) is 8.53. The van der Waals surface area contributed by atoms with Crippen LogP contribution in [0.15, 0.2) is 58.2 Å². The van der Waals surface area contributed by atoms with Crippen molar-refractivity contribution in [2.45, 2.75) is 30.9 Å². The molecule has 0 saturated carbocycles. The van der Waals surface area contributed by atoms with E-state index in [9.17, 15) is 4.79 Å². The van der Waals surface area contributed by atoms with Crippen molar-refractivity contribution in [3.05, 3.63) is 59.7 Å². The van der Waals surface area contributed by atoms with E-state index in [1.807, 2.05) is 62.4 Å². The normalized spacial score (nSPS) is 11.8. The first kappa shape index (κ1) is 19.0. The van der Waals surface area contributed by atoms with Gasteiger partial charge in [-0.3, -0.25) is 4.79 Å². The van der Waals surface area contributed by atoms with E-state index < -0.39 is 0 Å². The number of nitrogens with one attached hydrogen (secondary N) is 1. The van der Waals surface area contributed by atoms with Gasteiger partial charge in [0.1, 0.15) is 5.75 Å². The molecule has 1 N–H and O–H groups in total. The van der Waals surface area contributed by atoms with Gasteiger partial charge in [0.25, 0.3) is 5.22 Å². The van der Waals surface area contributed by atoms with E-state index in [4.69, 9.17) is 9.15 Å². The van der Waals surface area contributed by atoms with Gasteiger partial charge in [0.15, 0.2) is 0 Å². The van der Waals surface area contributed by atoms with Gasteiger partial charge in [0.2, 0.25) is 11.8 Å². The number of rotatable bonds is 7. The topological polar surface area (TPSA) is 77.2 Å². The number of hydrogen-bond donors (Lipinski definition) is 1. The number of thioether (sulfide) groups is 1. The number of ether oxygens (including phenoxy) is 1. The van der Waals surface area contributed by atoms with Gasteiger partial charge in [-0.25, -0.2) is 0 Å². The number of hydrogen-bond acceptors (Lipinski definition) is 6. The molecular weight excluding hydrogens is 362 g/mol. The summed E-state index contributed by atoms with van der Waals surface area (Å²) in [5.41, 5.74) is 2.98. The first-order valence-corrected chi connectivity index (χ1v) is 9.41. The Morgan fingerprint density at radius 3 is 2.70 bits per heavy atom. The Morgan fingerprint density at radius 1 is 1.22 bits per heavy atom. The summed E-state index contributed by atoms with van der Waals surface area (Å²) in [5.74, 6) is 1.15. The third kappa shape index (κ3) is 5.10. The molecule has 3 rings (SSSR count). The van der Waals surface area contributed by atoms with Crippen molar-refractivity contribution in [2.24, 2.45) is 0 Å². The number of aromatic nitrogens is 2. The van der Waals surface area contributed by atoms with Crippen LogP contribution in [0.4, 0.5) is 0 Å². The van der Waals surface area contributed by atoms with E-state index in [1.165, 1.54) is 11.8 Å². The molecule has 6 nitrogen and oxygen atoms in total. The second-order valence-electron chi connectivity index (χ2n) is 6.07. The summed E-state index contributed by atoms with van der Waals surface area (Å²) >= 11 is 1.24. The summed E-state index contributed by atoms with van der Waals surface area (Å²) in [6, 6.07) is 15.4. The third-order valence-electron chi connectivity index (χ3n) is 3.94. The monoisotopic (exact) mass is 383 g/mol. The lowest BCUT2D eigenvalue weighted by molar-refractivity contribution is -0.120. The predicted molar refractivity (Wildman–Crippen MR) is 105 cm³/mol. The molecule has 0 fully saturated rings. The van der Waals surface area contributed by atoms with E-state index in [1.54, 1.807) is 7.11 Å². The van der Waals surface area contributed by atoms with Crippen LogP contribution in [0.1, 0.15) is 18.1 Å². The molecule has 0 aliphatic carbocycles. The minimum absolute atomic E-state index is 0.0916. The minimum atomic E-state index is -0.353. The molecule has 0 bridgehead atoms. The highest BCUT2D eigenvalue weighted by Crippen LogP contribution is 2.26. The minimum Gasteiger partial charge on any atom is -0.497 e. The smallest absolute Gasteiger partial charge is 0.277 e. The molecule has 27 heavy (non-hydrogen) atoms. The van der Waals surface area contributed by atoms with Gasteiger partial charge >= 0.3 is 0 Å². The maximum absolute atomic E-state index is 12.3. The van der Waals surface area contributed by atoms with Crippen molar-refractivity contribution in [3.63, 3.8) is 0 Å². The quantitative estimate of drug-likeness (QED) is 0.625. The number of methoxy groups -OCH3 is 1. The molecule has 1 amide bonds. The number of aryl methyl sites for hydroxylation is 1. The molecule has 3 aromatic rings. The van der Waals surface area contributed by atoms with Crippen molar-refractivity contribution >= 4 is 17.7 Å². The Morgan fingerprint density at radius 2 is 2.00 bits per heavy atom. The lowest BCUT2D eigenvalue weighted by Crippen LogP contribution is -2.30. The highest BCUT2D eigenvalue weighted by molar-refractivity contribution is 8.00. The Balaban J connectivity index is 1.55. The average Bonchev–Trinajstić information content (AvgIpc) is 3.15. The zero-order chi connectivity index (χ0) is 19.2. The fourth-order valence-corrected chi connectivity index (χ4v) is 3.14. The Labute approximate surface area is 162 Å². The van der Waals surface area contributed by atoms with Crippen molar-refractivity contribution in [1.29, 1.82) is 0 Å². The van der Waals surface area contributed by atoms with E-state index in [-0.39, 0.29) is 11.2 Å². The first-order chi connectivity index (χ1) is 13.0. The molecule has 0 spiro atoms. The third-order valence-corrected chi connectivity index (χ3v) is 4.88. The molecular formula is C20H21N3O3S. The second-order valence-corrected chi connectivity index (χ2v) is 7.36. The number of carbonyl (C=O) groups excluding carboxylic acids is 1. The molecule has 1 aromatic heterocycles. The summed E-state index contributed by atoms with van der Waals surface area (Å²) in [6.45, 7) is 4.27. The van der Waals surface area contributed by atoms with Crippen LogP contribution < -0.4 is 10.1 Å². The number of benzene rings is 2. The summed E-state index contributed by atoms with van der Waals surface area (Å²) in [4.78, 5) is 12.3. The second kappa shape index (κ2) is 8.73. The van der Waals surface area contributed by atoms with Crippen LogP contribution in [0.25, 0.3) is 11.5 Å². The van der Waals surface area contributed by atoms with Crippen LogP contribution in [0, 0.1) is 6.92 Å². The molecule has 0 radical (unpaired) electrons. The van der Waals surface area contributed by atoms with Crippen molar-refractivity contribution < 1.29 is 13.9 Å². The largest absolute Gasteiger partial charge is 0.497 e. The number of carbonyl (C=O) groups is 1. The van der Waals surface area contributed by atoms with E-state index >= 15 is 0 Å². The molecule has 2 aromatic carbocycles. The maximum atomic E-state index is 12.3. The fraction of sp³-hybridized carbons (Fsp3) is 0.250. The van der Waals surface area contributed by atoms with Gasteiger partial charge in [-0.2, -0.15) is 0 Å². The summed E-state index contributed by atoms with van der Waals surface area (Å²) < 4.78 is 10.8. The molecule has 7 heteroatoms. The molecule has 0 aliphatic heterocycles. The number of nitrogens with zero attached hydrogens (tertiary/aromatic N) is 2. The van der Waals surface area contributed by atoms with Crippen LogP contribution in [0.2, 0.25) is 0 Å². The van der Waals surface area contributed by atoms with Crippen LogP contribution in [0.3, 0.4) is 0 Å². The molecule has 0 aliphatic rings. The van der Waals surface area contributed by atoms with Gasteiger partial charge in [-0.1, -0.05) is 41.6 Å². The zero-order valence-corrected chi connectivity index (χ0v) is 16.2. The van der Waals surface area contributed by atoms with Gasteiger partial charge in [-0.15, -0.1) is 10.2 Å². The lowest BCUT2D eigenvalue weighted by Gasteiger charge is -2.10. The van der Waals surface area contributed by atoms with Crippen molar-refractivity contribution in [2.75, 3.05) is 7.11 Å². The molecule has 0 saturated heterocycles. The Hall–Kier alpha value is -2.80. The van der Waals surface area contributed by atoms with E-state index in [2.05, 4.69) is 15.5 Å². The zero-order valence-electron chi connectivity index (χ0n) is 15.4. The summed E-state index contributed by atoms with van der Waals surface area (Å²) in [7, 11) is 1.62. The summed E-state index contributed by atoms with van der Waals surface area (Å²) in [6.07, 6.45) is 0. The lowest BCUT2D eigenvalue weighted by atomic mass is 10.1. The predicted octanol–water partition coefficient (Wildman–Crippen LogP) is 3.85. The van der Waals surface area contributed by atoms with Crippen LogP contribution in [-0.4, -0.2) is 28.5 Å². The summed E-state index contributed by atoms with van der Waals surface area (Å²) in [5, 5.41) is 11.0. The SMILES string of the molecule is COc1ccc(CNC(=O)[C@H](C)Sc2nnc(-c3cccc(C)c3)o2)cc1. The van der Waals surface area contributed by atoms with Gasteiger partial charge < -0.3 is 14.5 Å². The van der Waals surface area contributed by atoms with Crippen molar-refractivity contribution in [3.8, 4) is 17.2 Å².